The van der Waals surface area contributed by atoms with E-state index < -0.39 is 89.8 Å². The van der Waals surface area contributed by atoms with Crippen LogP contribution in [0.4, 0.5) is 0 Å². The Morgan fingerprint density at radius 3 is 1.98 bits per heavy atom. The highest BCUT2D eigenvalue weighted by atomic mass is 32.1. The summed E-state index contributed by atoms with van der Waals surface area (Å²) >= 11 is 7.96. The van der Waals surface area contributed by atoms with Gasteiger partial charge in [-0.2, -0.15) is 25.3 Å². The van der Waals surface area contributed by atoms with E-state index in [0.717, 1.165) is 0 Å². The highest BCUT2D eigenvalue weighted by molar-refractivity contribution is 7.80. The zero-order valence-corrected chi connectivity index (χ0v) is 32.3. The first-order valence-corrected chi connectivity index (χ1v) is 19.3. The van der Waals surface area contributed by atoms with Crippen LogP contribution < -0.4 is 44.2 Å². The maximum absolute atomic E-state index is 14.1. The van der Waals surface area contributed by atoms with Crippen LogP contribution in [0.3, 0.4) is 0 Å². The molecule has 2 fully saturated rings. The lowest BCUT2D eigenvalue weighted by atomic mass is 10.0. The SMILES string of the molecule is C[C@@H](O)[C@@H](NC(=O)[C@H](N)CS)C(=O)N[C@@H](CCCCN)C(=O)N1CCC[C@H]1C(=O)N1CCC[C@H]1C(=O)N[C@H](CCCN=C(N)N)C(=O)N[C@@H](CS)C(=O)O. The molecule has 0 aromatic heterocycles. The standard InChI is InChI=1S/C32H57N11O9S2/c1-17(44)24(41-25(45)18(34)15-53)28(48)39-20(7-2-3-11-33)29(49)43-14-6-10-23(43)30(50)42-13-5-9-22(42)27(47)38-19(8-4-12-37-32(35)36)26(46)40-21(16-54)31(51)52/h17-24,44,53-54H,2-16,33-34H2,1H3,(H,38,47)(H,39,48)(H,40,46)(H,41,45)(H,51,52)(H4,35,36,37)/t17-,18-,19-,20+,21+,22+,23+,24-/m1/s1. The molecule has 306 valence electrons. The van der Waals surface area contributed by atoms with E-state index in [4.69, 9.17) is 22.9 Å². The van der Waals surface area contributed by atoms with Crippen LogP contribution in [-0.2, 0) is 33.6 Å². The Morgan fingerprint density at radius 1 is 0.796 bits per heavy atom. The fourth-order valence-corrected chi connectivity index (χ4v) is 6.65. The lowest BCUT2D eigenvalue weighted by Gasteiger charge is -2.34. The number of hydrogen-bond donors (Lipinski definition) is 12. The van der Waals surface area contributed by atoms with Crippen molar-refractivity contribution >= 4 is 72.6 Å². The minimum absolute atomic E-state index is 0.00959. The van der Waals surface area contributed by atoms with Gasteiger partial charge in [-0.1, -0.05) is 0 Å². The average molecular weight is 804 g/mol. The maximum atomic E-state index is 14.1. The van der Waals surface area contributed by atoms with Gasteiger partial charge in [-0.25, -0.2) is 4.79 Å². The molecule has 8 atom stereocenters. The molecule has 14 N–H and O–H groups in total. The molecule has 2 aliphatic rings. The predicted molar refractivity (Wildman–Crippen MR) is 205 cm³/mol. The van der Waals surface area contributed by atoms with E-state index in [-0.39, 0.29) is 62.8 Å². The summed E-state index contributed by atoms with van der Waals surface area (Å²) in [5.74, 6) is -5.63. The van der Waals surface area contributed by atoms with Gasteiger partial charge in [-0.05, 0) is 71.3 Å². The number of amides is 6. The minimum Gasteiger partial charge on any atom is -0.480 e. The molecule has 0 unspecified atom stereocenters. The maximum Gasteiger partial charge on any atom is 0.327 e. The minimum atomic E-state index is -1.43. The van der Waals surface area contributed by atoms with Crippen LogP contribution in [0.15, 0.2) is 4.99 Å². The van der Waals surface area contributed by atoms with Gasteiger partial charge in [0.15, 0.2) is 5.96 Å². The summed E-state index contributed by atoms with van der Waals surface area (Å²) in [6.07, 6.45) is 1.63. The topological polar surface area (TPSA) is 331 Å². The first-order chi connectivity index (χ1) is 25.6. The molecule has 54 heavy (non-hydrogen) atoms. The highest BCUT2D eigenvalue weighted by Crippen LogP contribution is 2.26. The van der Waals surface area contributed by atoms with Gasteiger partial charge < -0.3 is 64.2 Å². The van der Waals surface area contributed by atoms with Gasteiger partial charge in [0.1, 0.15) is 36.3 Å². The van der Waals surface area contributed by atoms with Gasteiger partial charge in [0.25, 0.3) is 0 Å². The number of carboxylic acid groups (broad SMARTS) is 1. The number of carbonyl (C=O) groups excluding carboxylic acids is 6. The quantitative estimate of drug-likeness (QED) is 0.0214. The van der Waals surface area contributed by atoms with Crippen molar-refractivity contribution in [3.05, 3.63) is 0 Å². The molecule has 2 saturated heterocycles. The Morgan fingerprint density at radius 2 is 1.41 bits per heavy atom. The van der Waals surface area contributed by atoms with Crippen molar-refractivity contribution < 1.29 is 43.8 Å². The Kier molecular flexibility index (Phi) is 19.8. The van der Waals surface area contributed by atoms with E-state index in [1.54, 1.807) is 0 Å². The Bertz CT molecular complexity index is 1350. The number of nitrogens with one attached hydrogen (secondary N) is 4. The second-order valence-corrected chi connectivity index (χ2v) is 14.1. The lowest BCUT2D eigenvalue weighted by Crippen LogP contribution is -2.60. The monoisotopic (exact) mass is 803 g/mol. The van der Waals surface area contributed by atoms with Crippen molar-refractivity contribution in [3.8, 4) is 0 Å². The first kappa shape index (κ1) is 46.3. The molecule has 0 spiro atoms. The second kappa shape index (κ2) is 23.1. The lowest BCUT2D eigenvalue weighted by molar-refractivity contribution is -0.148. The third-order valence-electron chi connectivity index (χ3n) is 9.19. The van der Waals surface area contributed by atoms with E-state index in [9.17, 15) is 43.8 Å². The number of carbonyl (C=O) groups is 7. The van der Waals surface area contributed by atoms with Crippen LogP contribution >= 0.6 is 25.3 Å². The molecule has 0 saturated carbocycles. The molecule has 0 radical (unpaired) electrons. The average Bonchev–Trinajstić information content (AvgIpc) is 3.83. The number of aliphatic carboxylic acids is 1. The number of hydrogen-bond acceptors (Lipinski definition) is 13. The number of guanidine groups is 1. The predicted octanol–water partition coefficient (Wildman–Crippen LogP) is -4.26. The van der Waals surface area contributed by atoms with Crippen LogP contribution in [0.25, 0.3) is 0 Å². The number of likely N-dealkylation sites (tertiary alicyclic amines) is 2. The number of aliphatic imine (C=N–C) groups is 1. The van der Waals surface area contributed by atoms with E-state index in [1.807, 2.05) is 0 Å². The molecule has 0 bridgehead atoms. The van der Waals surface area contributed by atoms with Gasteiger partial charge in [-0.15, -0.1) is 0 Å². The number of unbranched alkanes of at least 4 members (excludes halogenated alkanes) is 1. The van der Waals surface area contributed by atoms with Crippen LogP contribution in [0.1, 0.15) is 64.7 Å². The fourth-order valence-electron chi connectivity index (χ4n) is 6.24. The summed E-state index contributed by atoms with van der Waals surface area (Å²) in [7, 11) is 0. The van der Waals surface area contributed by atoms with E-state index >= 15 is 0 Å². The summed E-state index contributed by atoms with van der Waals surface area (Å²) in [5, 5.41) is 29.8. The smallest absolute Gasteiger partial charge is 0.327 e. The molecule has 2 aliphatic heterocycles. The summed E-state index contributed by atoms with van der Waals surface area (Å²) in [6.45, 7) is 2.18. The molecule has 22 heteroatoms. The van der Waals surface area contributed by atoms with Crippen LogP contribution in [0, 0.1) is 0 Å². The van der Waals surface area contributed by atoms with Crippen molar-refractivity contribution in [2.24, 2.45) is 27.9 Å². The van der Waals surface area contributed by atoms with Gasteiger partial charge in [0, 0.05) is 31.1 Å². The molecule has 0 aromatic rings. The summed E-state index contributed by atoms with van der Waals surface area (Å²) in [6, 6.07) is -8.04. The van der Waals surface area contributed by atoms with Crippen molar-refractivity contribution in [1.82, 2.24) is 31.1 Å². The number of rotatable bonds is 22. The van der Waals surface area contributed by atoms with Crippen molar-refractivity contribution in [2.45, 2.75) is 113 Å². The van der Waals surface area contributed by atoms with Gasteiger partial charge in [0.2, 0.25) is 35.4 Å². The van der Waals surface area contributed by atoms with Gasteiger partial charge >= 0.3 is 5.97 Å². The zero-order chi connectivity index (χ0) is 40.5. The van der Waals surface area contributed by atoms with Crippen LogP contribution in [-0.4, -0.2) is 153 Å². The first-order valence-electron chi connectivity index (χ1n) is 18.0. The molecule has 2 rings (SSSR count). The zero-order valence-electron chi connectivity index (χ0n) is 30.5. The normalized spacial score (nSPS) is 20.1. The molecule has 0 aliphatic carbocycles. The highest BCUT2D eigenvalue weighted by Gasteiger charge is 2.44. The summed E-state index contributed by atoms with van der Waals surface area (Å²) < 4.78 is 0. The van der Waals surface area contributed by atoms with Crippen LogP contribution in [0.2, 0.25) is 0 Å². The van der Waals surface area contributed by atoms with Crippen molar-refractivity contribution in [1.29, 1.82) is 0 Å². The van der Waals surface area contributed by atoms with Gasteiger partial charge in [0.05, 0.1) is 12.1 Å². The molecule has 2 heterocycles. The summed E-state index contributed by atoms with van der Waals surface area (Å²) in [5.41, 5.74) is 22.1. The van der Waals surface area contributed by atoms with E-state index in [0.29, 0.717) is 38.6 Å². The van der Waals surface area contributed by atoms with Gasteiger partial charge in [-0.3, -0.25) is 33.8 Å². The molecular weight excluding hydrogens is 747 g/mol. The molecule has 20 nitrogen and oxygen atoms in total. The largest absolute Gasteiger partial charge is 0.480 e. The number of aliphatic hydroxyl groups is 1. The van der Waals surface area contributed by atoms with E-state index in [2.05, 4.69) is 51.5 Å². The number of carboxylic acids is 1. The summed E-state index contributed by atoms with van der Waals surface area (Å²) in [4.78, 5) is 98.9. The number of nitrogens with two attached hydrogens (primary N) is 4. The third-order valence-corrected chi connectivity index (χ3v) is 9.95. The Labute approximate surface area is 325 Å². The number of nitrogens with zero attached hydrogens (tertiary/aromatic N) is 3. The fraction of sp³-hybridized carbons (Fsp3) is 0.750. The Balaban J connectivity index is 2.26. The number of aliphatic hydroxyl groups excluding tert-OH is 1. The third kappa shape index (κ3) is 13.8. The number of thiol groups is 2. The second-order valence-electron chi connectivity index (χ2n) is 13.3. The van der Waals surface area contributed by atoms with Crippen LogP contribution in [0.5, 0.6) is 0 Å². The Hall–Kier alpha value is -3.86. The molecule has 6 amide bonds. The van der Waals surface area contributed by atoms with Crippen molar-refractivity contribution in [2.75, 3.05) is 37.7 Å². The van der Waals surface area contributed by atoms with Crippen molar-refractivity contribution in [3.63, 3.8) is 0 Å². The molecule has 0 aromatic carbocycles. The van der Waals surface area contributed by atoms with E-state index in [1.165, 1.54) is 16.7 Å². The molecular formula is C32H57N11O9S2.